The minimum Gasteiger partial charge on any atom is -0.480 e. The average molecular weight is 303 g/mol. The third kappa shape index (κ3) is 3.94. The van der Waals surface area contributed by atoms with Gasteiger partial charge in [-0.1, -0.05) is 12.8 Å². The molecule has 6 nitrogen and oxygen atoms in total. The maximum Gasteiger partial charge on any atom is 0.323 e. The van der Waals surface area contributed by atoms with Crippen LogP contribution in [0.5, 0.6) is 0 Å². The Morgan fingerprint density at radius 3 is 2.30 bits per heavy atom. The predicted molar refractivity (Wildman–Crippen MR) is 73.0 cm³/mol. The van der Waals surface area contributed by atoms with E-state index in [4.69, 9.17) is 5.11 Å². The van der Waals surface area contributed by atoms with Crippen LogP contribution in [-0.2, 0) is 19.4 Å². The van der Waals surface area contributed by atoms with Gasteiger partial charge in [-0.25, -0.2) is 8.42 Å². The summed E-state index contributed by atoms with van der Waals surface area (Å²) in [7, 11) is -3.12. The summed E-state index contributed by atoms with van der Waals surface area (Å²) >= 11 is 0. The lowest BCUT2D eigenvalue weighted by Gasteiger charge is -2.27. The monoisotopic (exact) mass is 303 g/mol. The van der Waals surface area contributed by atoms with Crippen molar-refractivity contribution < 1.29 is 23.1 Å². The zero-order valence-electron chi connectivity index (χ0n) is 11.5. The summed E-state index contributed by atoms with van der Waals surface area (Å²) in [6, 6.07) is -0.468. The molecule has 1 saturated carbocycles. The van der Waals surface area contributed by atoms with Crippen molar-refractivity contribution in [1.29, 1.82) is 0 Å². The van der Waals surface area contributed by atoms with Crippen molar-refractivity contribution in [1.82, 2.24) is 4.90 Å². The number of carboxylic acids is 1. The highest BCUT2D eigenvalue weighted by molar-refractivity contribution is 7.91. The van der Waals surface area contributed by atoms with Gasteiger partial charge in [-0.2, -0.15) is 0 Å². The Bertz CT molecular complexity index is 481. The maximum absolute atomic E-state index is 12.3. The van der Waals surface area contributed by atoms with E-state index in [0.717, 1.165) is 25.7 Å². The molecule has 1 amide bonds. The van der Waals surface area contributed by atoms with Gasteiger partial charge >= 0.3 is 5.97 Å². The molecule has 2 aliphatic rings. The fraction of sp³-hybridized carbons (Fsp3) is 0.846. The number of hydrogen-bond donors (Lipinski definition) is 1. The van der Waals surface area contributed by atoms with Crippen molar-refractivity contribution in [2.24, 2.45) is 5.92 Å². The molecule has 0 spiro atoms. The first-order valence-electron chi connectivity index (χ1n) is 7.09. The fourth-order valence-electron chi connectivity index (χ4n) is 3.17. The molecule has 1 atom stereocenters. The van der Waals surface area contributed by atoms with E-state index in [1.165, 1.54) is 4.90 Å². The number of nitrogens with zero attached hydrogens (tertiary/aromatic N) is 1. The highest BCUT2D eigenvalue weighted by Gasteiger charge is 2.36. The molecule has 1 aliphatic heterocycles. The highest BCUT2D eigenvalue weighted by Crippen LogP contribution is 2.29. The van der Waals surface area contributed by atoms with E-state index in [2.05, 4.69) is 0 Å². The molecule has 1 unspecified atom stereocenters. The Hall–Kier alpha value is -1.11. The van der Waals surface area contributed by atoms with Crippen LogP contribution in [0.25, 0.3) is 0 Å². The summed E-state index contributed by atoms with van der Waals surface area (Å²) in [5.41, 5.74) is 0. The molecule has 1 N–H and O–H groups in total. The van der Waals surface area contributed by atoms with Crippen molar-refractivity contribution in [3.05, 3.63) is 0 Å². The number of hydrogen-bond acceptors (Lipinski definition) is 4. The van der Waals surface area contributed by atoms with Crippen LogP contribution in [0.15, 0.2) is 0 Å². The number of carboxylic acid groups (broad SMARTS) is 1. The second-order valence-electron chi connectivity index (χ2n) is 5.83. The van der Waals surface area contributed by atoms with Crippen LogP contribution in [0.3, 0.4) is 0 Å². The van der Waals surface area contributed by atoms with E-state index >= 15 is 0 Å². The highest BCUT2D eigenvalue weighted by atomic mass is 32.2. The first-order valence-corrected chi connectivity index (χ1v) is 8.91. The number of aliphatic carboxylic acids is 1. The third-order valence-electron chi connectivity index (χ3n) is 4.21. The van der Waals surface area contributed by atoms with Crippen LogP contribution in [0.2, 0.25) is 0 Å². The van der Waals surface area contributed by atoms with Crippen molar-refractivity contribution in [3.63, 3.8) is 0 Å². The van der Waals surface area contributed by atoms with E-state index in [-0.39, 0.29) is 17.4 Å². The number of amides is 1. The Balaban J connectivity index is 2.02. The zero-order valence-corrected chi connectivity index (χ0v) is 12.3. The van der Waals surface area contributed by atoms with Crippen molar-refractivity contribution in [3.8, 4) is 0 Å². The van der Waals surface area contributed by atoms with Gasteiger partial charge in [0.05, 0.1) is 11.5 Å². The first kappa shape index (κ1) is 15.3. The Kier molecular flexibility index (Phi) is 4.67. The average Bonchev–Trinajstić information content (AvgIpc) is 2.95. The SMILES string of the molecule is O=C(O)CN(C(=O)CC1CCCC1)C1CCS(=O)(=O)C1. The van der Waals surface area contributed by atoms with Crippen molar-refractivity contribution >= 4 is 21.7 Å². The summed E-state index contributed by atoms with van der Waals surface area (Å²) in [4.78, 5) is 24.5. The Labute approximate surface area is 119 Å². The summed E-state index contributed by atoms with van der Waals surface area (Å²) in [6.45, 7) is -0.397. The zero-order chi connectivity index (χ0) is 14.8. The molecule has 0 bridgehead atoms. The van der Waals surface area contributed by atoms with E-state index < -0.39 is 28.4 Å². The molecule has 1 saturated heterocycles. The number of sulfone groups is 1. The van der Waals surface area contributed by atoms with Crippen molar-refractivity contribution in [2.75, 3.05) is 18.1 Å². The Morgan fingerprint density at radius 2 is 1.80 bits per heavy atom. The van der Waals surface area contributed by atoms with Gasteiger partial charge in [-0.05, 0) is 25.2 Å². The lowest BCUT2D eigenvalue weighted by Crippen LogP contribution is -2.44. The van der Waals surface area contributed by atoms with Gasteiger partial charge < -0.3 is 10.0 Å². The third-order valence-corrected chi connectivity index (χ3v) is 5.96. The van der Waals surface area contributed by atoms with Gasteiger partial charge in [0, 0.05) is 12.5 Å². The molecule has 20 heavy (non-hydrogen) atoms. The smallest absolute Gasteiger partial charge is 0.323 e. The minimum absolute atomic E-state index is 0.0461. The van der Waals surface area contributed by atoms with Crippen LogP contribution >= 0.6 is 0 Å². The number of rotatable bonds is 5. The lowest BCUT2D eigenvalue weighted by atomic mass is 10.0. The van der Waals surface area contributed by atoms with Crippen LogP contribution < -0.4 is 0 Å². The maximum atomic E-state index is 12.3. The van der Waals surface area contributed by atoms with Gasteiger partial charge in [0.15, 0.2) is 9.84 Å². The molecule has 2 rings (SSSR count). The predicted octanol–water partition coefficient (Wildman–Crippen LogP) is 0.667. The minimum atomic E-state index is -3.12. The molecule has 1 heterocycles. The molecule has 0 aromatic carbocycles. The quantitative estimate of drug-likeness (QED) is 0.806. The Morgan fingerprint density at radius 1 is 1.15 bits per heavy atom. The molecule has 0 radical (unpaired) electrons. The summed E-state index contributed by atoms with van der Waals surface area (Å²) in [6.07, 6.45) is 4.96. The molecular formula is C13H21NO5S. The molecule has 1 aliphatic carbocycles. The van der Waals surface area contributed by atoms with E-state index in [1.54, 1.807) is 0 Å². The molecule has 2 fully saturated rings. The van der Waals surface area contributed by atoms with Gasteiger partial charge in [0.1, 0.15) is 6.54 Å². The molecule has 114 valence electrons. The number of carbonyl (C=O) groups excluding carboxylic acids is 1. The van der Waals surface area contributed by atoms with E-state index in [9.17, 15) is 18.0 Å². The number of carbonyl (C=O) groups is 2. The molecule has 0 aromatic heterocycles. The van der Waals surface area contributed by atoms with Gasteiger partial charge in [0.25, 0.3) is 0 Å². The van der Waals surface area contributed by atoms with Crippen LogP contribution in [0, 0.1) is 5.92 Å². The summed E-state index contributed by atoms with van der Waals surface area (Å²) in [5, 5.41) is 8.94. The van der Waals surface area contributed by atoms with Gasteiger partial charge in [-0.15, -0.1) is 0 Å². The largest absolute Gasteiger partial charge is 0.480 e. The fourth-order valence-corrected chi connectivity index (χ4v) is 4.90. The second kappa shape index (κ2) is 6.11. The topological polar surface area (TPSA) is 91.8 Å². The second-order valence-corrected chi connectivity index (χ2v) is 8.06. The normalized spacial score (nSPS) is 25.7. The molecular weight excluding hydrogens is 282 g/mol. The van der Waals surface area contributed by atoms with Gasteiger partial charge in [-0.3, -0.25) is 9.59 Å². The summed E-state index contributed by atoms with van der Waals surface area (Å²) < 4.78 is 23.0. The standard InChI is InChI=1S/C13H21NO5S/c15-12(7-10-3-1-2-4-10)14(8-13(16)17)11-5-6-20(18,19)9-11/h10-11H,1-9H2,(H,16,17). The lowest BCUT2D eigenvalue weighted by molar-refractivity contribution is -0.146. The van der Waals surface area contributed by atoms with Crippen LogP contribution in [0.1, 0.15) is 38.5 Å². The van der Waals surface area contributed by atoms with E-state index in [0.29, 0.717) is 18.8 Å². The first-order chi connectivity index (χ1) is 9.37. The van der Waals surface area contributed by atoms with Crippen LogP contribution in [-0.4, -0.2) is 54.4 Å². The van der Waals surface area contributed by atoms with Crippen LogP contribution in [0.4, 0.5) is 0 Å². The van der Waals surface area contributed by atoms with E-state index in [1.807, 2.05) is 0 Å². The van der Waals surface area contributed by atoms with Crippen molar-refractivity contribution in [2.45, 2.75) is 44.6 Å². The molecule has 0 aromatic rings. The molecule has 7 heteroatoms. The van der Waals surface area contributed by atoms with Gasteiger partial charge in [0.2, 0.25) is 5.91 Å². The summed E-state index contributed by atoms with van der Waals surface area (Å²) in [5.74, 6) is -1.02.